The number of aromatic nitrogens is 1. The van der Waals surface area contributed by atoms with Crippen LogP contribution in [-0.4, -0.2) is 48.9 Å². The van der Waals surface area contributed by atoms with Crippen molar-refractivity contribution in [3.8, 4) is 0 Å². The zero-order valence-corrected chi connectivity index (χ0v) is 21.7. The third kappa shape index (κ3) is 4.96. The number of thiazole rings is 1. The molecule has 1 unspecified atom stereocenters. The minimum Gasteiger partial charge on any atom is -0.465 e. The lowest BCUT2D eigenvalue weighted by molar-refractivity contribution is 0.0600. The Morgan fingerprint density at radius 1 is 1.09 bits per heavy atom. The summed E-state index contributed by atoms with van der Waals surface area (Å²) in [6.45, 7) is 5.08. The lowest BCUT2D eigenvalue weighted by Gasteiger charge is -2.34. The fourth-order valence-corrected chi connectivity index (χ4v) is 7.36. The number of hydrogen-bond donors (Lipinski definition) is 0. The van der Waals surface area contributed by atoms with E-state index < -0.39 is 21.9 Å². The van der Waals surface area contributed by atoms with Crippen LogP contribution in [0, 0.1) is 0 Å². The largest absolute Gasteiger partial charge is 0.465 e. The second-order valence-corrected chi connectivity index (χ2v) is 11.3. The number of piperidine rings is 1. The van der Waals surface area contributed by atoms with Crippen LogP contribution in [0.15, 0.2) is 52.4 Å². The van der Waals surface area contributed by atoms with E-state index in [0.717, 1.165) is 35.9 Å². The van der Waals surface area contributed by atoms with Gasteiger partial charge in [-0.25, -0.2) is 13.2 Å². The van der Waals surface area contributed by atoms with E-state index >= 15 is 0 Å². The monoisotopic (exact) mass is 515 g/mol. The molecule has 1 aliphatic rings. The van der Waals surface area contributed by atoms with E-state index in [0.29, 0.717) is 29.0 Å². The summed E-state index contributed by atoms with van der Waals surface area (Å²) >= 11 is 1.31. The Morgan fingerprint density at radius 2 is 1.80 bits per heavy atom. The van der Waals surface area contributed by atoms with Crippen molar-refractivity contribution >= 4 is 43.5 Å². The Morgan fingerprint density at radius 3 is 2.46 bits per heavy atom. The maximum Gasteiger partial charge on any atom is 0.337 e. The van der Waals surface area contributed by atoms with Crippen molar-refractivity contribution in [3.05, 3.63) is 58.4 Å². The van der Waals surface area contributed by atoms with E-state index in [1.54, 1.807) is 16.4 Å². The molecule has 1 aromatic heterocycles. The Labute approximate surface area is 208 Å². The second-order valence-electron chi connectivity index (χ2n) is 8.42. The molecule has 186 valence electrons. The number of nitrogens with zero attached hydrogens (tertiary/aromatic N) is 3. The number of fused-ring (bicyclic) bond motifs is 1. The Bertz CT molecular complexity index is 1420. The first kappa shape index (κ1) is 25.3. The quantitative estimate of drug-likeness (QED) is 0.458. The number of carbonyl (C=O) groups is 2. The van der Waals surface area contributed by atoms with Crippen LogP contribution in [0.25, 0.3) is 10.2 Å². The fourth-order valence-electron chi connectivity index (χ4n) is 4.46. The van der Waals surface area contributed by atoms with Gasteiger partial charge in [0.25, 0.3) is 5.91 Å². The maximum absolute atomic E-state index is 13.2. The van der Waals surface area contributed by atoms with Gasteiger partial charge in [0.15, 0.2) is 4.80 Å². The van der Waals surface area contributed by atoms with E-state index in [-0.39, 0.29) is 10.9 Å². The topological polar surface area (TPSA) is 98.0 Å². The van der Waals surface area contributed by atoms with E-state index in [1.807, 2.05) is 24.5 Å². The molecular formula is C25H29N3O5S2. The summed E-state index contributed by atoms with van der Waals surface area (Å²) in [5, 5.41) is 0. The van der Waals surface area contributed by atoms with Crippen molar-refractivity contribution in [2.75, 3.05) is 13.7 Å². The van der Waals surface area contributed by atoms with Crippen molar-refractivity contribution in [1.82, 2.24) is 8.87 Å². The van der Waals surface area contributed by atoms with Crippen molar-refractivity contribution in [2.24, 2.45) is 4.99 Å². The highest BCUT2D eigenvalue weighted by molar-refractivity contribution is 7.89. The highest BCUT2D eigenvalue weighted by Crippen LogP contribution is 2.27. The Hall–Kier alpha value is -2.82. The van der Waals surface area contributed by atoms with Gasteiger partial charge in [0.05, 0.1) is 27.8 Å². The molecule has 3 aromatic rings. The fraction of sp³-hybridized carbons (Fsp3) is 0.400. The first-order valence-electron chi connectivity index (χ1n) is 11.7. The van der Waals surface area contributed by atoms with Crippen LogP contribution in [0.4, 0.5) is 0 Å². The number of sulfonamides is 1. The van der Waals surface area contributed by atoms with Crippen LogP contribution in [0.1, 0.15) is 60.2 Å². The number of ether oxygens (including phenoxy) is 1. The number of esters is 1. The van der Waals surface area contributed by atoms with Gasteiger partial charge in [0.1, 0.15) is 0 Å². The number of aryl methyl sites for hydroxylation is 1. The molecule has 1 amide bonds. The number of methoxy groups -OCH3 is 1. The number of rotatable bonds is 6. The average Bonchev–Trinajstić information content (AvgIpc) is 3.24. The molecule has 0 aliphatic carbocycles. The van der Waals surface area contributed by atoms with Crippen molar-refractivity contribution < 1.29 is 22.7 Å². The minimum absolute atomic E-state index is 0.0159. The van der Waals surface area contributed by atoms with Gasteiger partial charge in [0.2, 0.25) is 10.0 Å². The average molecular weight is 516 g/mol. The molecule has 1 fully saturated rings. The van der Waals surface area contributed by atoms with Crippen molar-refractivity contribution in [2.45, 2.75) is 57.0 Å². The molecule has 0 N–H and O–H groups in total. The Balaban J connectivity index is 1.64. The summed E-state index contributed by atoms with van der Waals surface area (Å²) in [7, 11) is -2.28. The van der Waals surface area contributed by atoms with E-state index in [4.69, 9.17) is 4.74 Å². The number of benzene rings is 2. The van der Waals surface area contributed by atoms with Gasteiger partial charge in [-0.3, -0.25) is 4.79 Å². The van der Waals surface area contributed by atoms with Gasteiger partial charge in [-0.1, -0.05) is 24.7 Å². The Kier molecular flexibility index (Phi) is 7.53. The molecule has 2 aromatic carbocycles. The predicted octanol–water partition coefficient (Wildman–Crippen LogP) is 4.20. The molecule has 1 aliphatic heterocycles. The molecule has 0 radical (unpaired) electrons. The molecule has 0 bridgehead atoms. The molecule has 0 saturated carbocycles. The van der Waals surface area contributed by atoms with Crippen molar-refractivity contribution in [3.63, 3.8) is 0 Å². The molecule has 2 heterocycles. The van der Waals surface area contributed by atoms with Crippen LogP contribution < -0.4 is 4.80 Å². The first-order valence-corrected chi connectivity index (χ1v) is 14.0. The van der Waals surface area contributed by atoms with Gasteiger partial charge in [-0.05, 0) is 68.7 Å². The number of hydrogen-bond acceptors (Lipinski definition) is 6. The van der Waals surface area contributed by atoms with Gasteiger partial charge < -0.3 is 9.30 Å². The lowest BCUT2D eigenvalue weighted by atomic mass is 10.0. The summed E-state index contributed by atoms with van der Waals surface area (Å²) in [6.07, 6.45) is 3.55. The normalized spacial score (nSPS) is 17.6. The highest BCUT2D eigenvalue weighted by atomic mass is 32.2. The first-order chi connectivity index (χ1) is 16.8. The molecule has 35 heavy (non-hydrogen) atoms. The van der Waals surface area contributed by atoms with Crippen LogP contribution >= 0.6 is 11.3 Å². The summed E-state index contributed by atoms with van der Waals surface area (Å²) in [4.78, 5) is 29.8. The van der Waals surface area contributed by atoms with E-state index in [2.05, 4.69) is 4.99 Å². The molecular weight excluding hydrogens is 486 g/mol. The summed E-state index contributed by atoms with van der Waals surface area (Å²) < 4.78 is 35.5. The van der Waals surface area contributed by atoms with Crippen LogP contribution in [-0.2, 0) is 21.3 Å². The summed E-state index contributed by atoms with van der Waals surface area (Å²) in [5.74, 6) is -0.886. The maximum atomic E-state index is 13.2. The highest BCUT2D eigenvalue weighted by Gasteiger charge is 2.32. The van der Waals surface area contributed by atoms with Gasteiger partial charge >= 0.3 is 5.97 Å². The molecule has 8 nitrogen and oxygen atoms in total. The van der Waals surface area contributed by atoms with Crippen LogP contribution in [0.5, 0.6) is 0 Å². The summed E-state index contributed by atoms with van der Waals surface area (Å²) in [5.41, 5.74) is 1.60. The number of amides is 1. The molecule has 1 atom stereocenters. The van der Waals surface area contributed by atoms with Gasteiger partial charge in [-0.2, -0.15) is 9.30 Å². The van der Waals surface area contributed by atoms with Crippen LogP contribution in [0.2, 0.25) is 0 Å². The SMILES string of the molecule is CCC1CCCCN1S(=O)(=O)c1ccc(C(=O)N=c2sc3cc(C(=O)OC)ccc3n2CC)cc1. The summed E-state index contributed by atoms with van der Waals surface area (Å²) in [6, 6.07) is 11.2. The van der Waals surface area contributed by atoms with Gasteiger partial charge in [-0.15, -0.1) is 0 Å². The zero-order valence-electron chi connectivity index (χ0n) is 20.1. The van der Waals surface area contributed by atoms with E-state index in [1.165, 1.54) is 42.7 Å². The standard InChI is InChI=1S/C25H29N3O5S2/c1-4-19-8-6-7-15-28(19)35(31,32)20-12-9-17(10-13-20)23(29)26-25-27(5-2)21-14-11-18(24(30)33-3)16-22(21)34-25/h9-14,16,19H,4-8,15H2,1-3H3. The smallest absolute Gasteiger partial charge is 0.337 e. The number of carbonyl (C=O) groups excluding carboxylic acids is 2. The minimum atomic E-state index is -3.61. The van der Waals surface area contributed by atoms with Crippen LogP contribution in [0.3, 0.4) is 0 Å². The third-order valence-electron chi connectivity index (χ3n) is 6.37. The molecule has 10 heteroatoms. The molecule has 1 saturated heterocycles. The van der Waals surface area contributed by atoms with Crippen molar-refractivity contribution in [1.29, 1.82) is 0 Å². The second kappa shape index (κ2) is 10.4. The molecule has 4 rings (SSSR count). The van der Waals surface area contributed by atoms with Gasteiger partial charge in [0, 0.05) is 24.7 Å². The predicted molar refractivity (Wildman–Crippen MR) is 135 cm³/mol. The molecule has 0 spiro atoms. The third-order valence-corrected chi connectivity index (χ3v) is 9.38. The lowest BCUT2D eigenvalue weighted by Crippen LogP contribution is -2.43. The van der Waals surface area contributed by atoms with E-state index in [9.17, 15) is 18.0 Å². The zero-order chi connectivity index (χ0) is 25.2.